The van der Waals surface area contributed by atoms with E-state index in [1.54, 1.807) is 18.2 Å². The number of phenolic OH excluding ortho intramolecular Hbond substituents is 1. The van der Waals surface area contributed by atoms with Crippen molar-refractivity contribution in [2.24, 2.45) is 0 Å². The summed E-state index contributed by atoms with van der Waals surface area (Å²) in [6, 6.07) is 13.0. The molecule has 0 amide bonds. The van der Waals surface area contributed by atoms with Gasteiger partial charge in [-0.25, -0.2) is 4.98 Å². The van der Waals surface area contributed by atoms with E-state index in [1.165, 1.54) is 0 Å². The average Bonchev–Trinajstić information content (AvgIpc) is 3.00. The van der Waals surface area contributed by atoms with Crippen molar-refractivity contribution in [2.45, 2.75) is 6.92 Å². The Morgan fingerprint density at radius 2 is 2.21 bits per heavy atom. The van der Waals surface area contributed by atoms with Gasteiger partial charge in [0, 0.05) is 4.47 Å². The topological polar surface area (TPSA) is 81.9 Å². The molecule has 24 heavy (non-hydrogen) atoms. The lowest BCUT2D eigenvalue weighted by Crippen LogP contribution is -1.93. The van der Waals surface area contributed by atoms with Crippen molar-refractivity contribution in [3.05, 3.63) is 52.3 Å². The molecule has 0 unspecified atom stereocenters. The van der Waals surface area contributed by atoms with E-state index in [4.69, 9.17) is 4.74 Å². The van der Waals surface area contributed by atoms with Crippen LogP contribution in [0.4, 0.5) is 0 Å². The number of imidazole rings is 1. The van der Waals surface area contributed by atoms with Crippen LogP contribution in [-0.2, 0) is 0 Å². The Morgan fingerprint density at radius 1 is 1.42 bits per heavy atom. The summed E-state index contributed by atoms with van der Waals surface area (Å²) in [5.74, 6) is 0.911. The fourth-order valence-corrected chi connectivity index (χ4v) is 2.78. The molecule has 3 rings (SSSR count). The Bertz CT molecular complexity index is 937. The normalized spacial score (nSPS) is 11.5. The van der Waals surface area contributed by atoms with Crippen LogP contribution in [0.3, 0.4) is 0 Å². The first kappa shape index (κ1) is 16.1. The molecule has 2 aromatic carbocycles. The molecule has 0 saturated carbocycles. The maximum absolute atomic E-state index is 9.89. The van der Waals surface area contributed by atoms with E-state index in [2.05, 4.69) is 32.0 Å². The highest BCUT2D eigenvalue weighted by molar-refractivity contribution is 9.10. The van der Waals surface area contributed by atoms with Gasteiger partial charge in [0.05, 0.1) is 23.2 Å². The van der Waals surface area contributed by atoms with Gasteiger partial charge in [0.15, 0.2) is 11.5 Å². The van der Waals surface area contributed by atoms with Crippen LogP contribution >= 0.6 is 15.9 Å². The average molecular weight is 384 g/mol. The van der Waals surface area contributed by atoms with Crippen LogP contribution < -0.4 is 4.74 Å². The number of fused-ring (bicyclic) bond motifs is 1. The zero-order chi connectivity index (χ0) is 17.1. The second-order valence-electron chi connectivity index (χ2n) is 5.05. The molecule has 0 aliphatic carbocycles. The first-order chi connectivity index (χ1) is 11.6. The van der Waals surface area contributed by atoms with Gasteiger partial charge in [0.2, 0.25) is 0 Å². The van der Waals surface area contributed by atoms with Crippen molar-refractivity contribution >= 4 is 38.6 Å². The maximum atomic E-state index is 9.89. The Hall–Kier alpha value is -2.78. The molecule has 120 valence electrons. The Morgan fingerprint density at radius 3 is 2.92 bits per heavy atom. The van der Waals surface area contributed by atoms with E-state index < -0.39 is 0 Å². The number of aromatic nitrogens is 2. The summed E-state index contributed by atoms with van der Waals surface area (Å²) in [6.07, 6.45) is 1.70. The van der Waals surface area contributed by atoms with Crippen LogP contribution in [0, 0.1) is 11.3 Å². The molecule has 0 saturated heterocycles. The van der Waals surface area contributed by atoms with Gasteiger partial charge in [0.25, 0.3) is 0 Å². The summed E-state index contributed by atoms with van der Waals surface area (Å²) in [5, 5.41) is 19.4. The fraction of sp³-hybridized carbons (Fsp3) is 0.111. The second-order valence-corrected chi connectivity index (χ2v) is 5.90. The Kier molecular flexibility index (Phi) is 4.54. The molecule has 1 heterocycles. The summed E-state index contributed by atoms with van der Waals surface area (Å²) in [7, 11) is 0. The lowest BCUT2D eigenvalue weighted by Gasteiger charge is -2.08. The predicted octanol–water partition coefficient (Wildman–Crippen LogP) is 4.49. The zero-order valence-electron chi connectivity index (χ0n) is 12.9. The van der Waals surface area contributed by atoms with Gasteiger partial charge >= 0.3 is 0 Å². The quantitative estimate of drug-likeness (QED) is 0.650. The standard InChI is InChI=1S/C18H14BrN3O2/c1-2-24-17-8-11(13(19)9-16(17)23)7-12(10-20)18-21-14-5-3-4-6-15(14)22-18/h3-9,23H,2H2,1H3,(H,21,22)/b12-7-. The Labute approximate surface area is 147 Å². The minimum atomic E-state index is 0.0446. The van der Waals surface area contributed by atoms with Gasteiger partial charge in [-0.15, -0.1) is 0 Å². The van der Waals surface area contributed by atoms with Crippen molar-refractivity contribution in [2.75, 3.05) is 6.61 Å². The van der Waals surface area contributed by atoms with Crippen molar-refractivity contribution in [1.29, 1.82) is 5.26 Å². The number of hydrogen-bond donors (Lipinski definition) is 2. The highest BCUT2D eigenvalue weighted by atomic mass is 79.9. The van der Waals surface area contributed by atoms with E-state index in [0.717, 1.165) is 11.0 Å². The fourth-order valence-electron chi connectivity index (χ4n) is 2.33. The Balaban J connectivity index is 2.07. The van der Waals surface area contributed by atoms with E-state index >= 15 is 0 Å². The van der Waals surface area contributed by atoms with Crippen molar-refractivity contribution in [1.82, 2.24) is 9.97 Å². The van der Waals surface area contributed by atoms with Gasteiger partial charge in [-0.3, -0.25) is 0 Å². The molecule has 1 aromatic heterocycles. The smallest absolute Gasteiger partial charge is 0.161 e. The molecule has 6 heteroatoms. The number of nitrogens with zero attached hydrogens (tertiary/aromatic N) is 2. The van der Waals surface area contributed by atoms with Crippen LogP contribution in [0.1, 0.15) is 18.3 Å². The number of hydrogen-bond acceptors (Lipinski definition) is 4. The SMILES string of the molecule is CCOc1cc(/C=C(/C#N)c2nc3ccccc3[nH]2)c(Br)cc1O. The third-order valence-electron chi connectivity index (χ3n) is 3.44. The number of rotatable bonds is 4. The van der Waals surface area contributed by atoms with E-state index in [9.17, 15) is 10.4 Å². The van der Waals surface area contributed by atoms with Gasteiger partial charge in [-0.05, 0) is 42.8 Å². The van der Waals surface area contributed by atoms with Crippen LogP contribution in [0.5, 0.6) is 11.5 Å². The molecule has 0 aliphatic rings. The van der Waals surface area contributed by atoms with Crippen molar-refractivity contribution in [3.8, 4) is 17.6 Å². The number of aromatic amines is 1. The van der Waals surface area contributed by atoms with E-state index in [1.807, 2.05) is 31.2 Å². The lowest BCUT2D eigenvalue weighted by atomic mass is 10.1. The van der Waals surface area contributed by atoms with Crippen LogP contribution in [-0.4, -0.2) is 21.7 Å². The van der Waals surface area contributed by atoms with Crippen molar-refractivity contribution < 1.29 is 9.84 Å². The van der Waals surface area contributed by atoms with Crippen molar-refractivity contribution in [3.63, 3.8) is 0 Å². The highest BCUT2D eigenvalue weighted by Gasteiger charge is 2.11. The number of para-hydroxylation sites is 2. The number of nitriles is 1. The second kappa shape index (κ2) is 6.77. The number of H-pyrrole nitrogens is 1. The van der Waals surface area contributed by atoms with Gasteiger partial charge in [0.1, 0.15) is 11.9 Å². The first-order valence-electron chi connectivity index (χ1n) is 7.34. The predicted molar refractivity (Wildman–Crippen MR) is 96.6 cm³/mol. The molecule has 0 fully saturated rings. The largest absolute Gasteiger partial charge is 0.504 e. The number of ether oxygens (including phenoxy) is 1. The molecule has 0 bridgehead atoms. The molecule has 3 aromatic rings. The number of benzene rings is 2. The molecule has 0 spiro atoms. The summed E-state index contributed by atoms with van der Waals surface area (Å²) < 4.78 is 6.05. The van der Waals surface area contributed by atoms with E-state index in [-0.39, 0.29) is 5.75 Å². The van der Waals surface area contributed by atoms with Gasteiger partial charge < -0.3 is 14.8 Å². The molecule has 0 radical (unpaired) electrons. The van der Waals surface area contributed by atoms with E-state index in [0.29, 0.717) is 33.8 Å². The lowest BCUT2D eigenvalue weighted by molar-refractivity contribution is 0.318. The summed E-state index contributed by atoms with van der Waals surface area (Å²) >= 11 is 3.40. The molecule has 2 N–H and O–H groups in total. The number of allylic oxidation sites excluding steroid dienone is 1. The minimum absolute atomic E-state index is 0.0446. The maximum Gasteiger partial charge on any atom is 0.161 e. The number of nitrogens with one attached hydrogen (secondary N) is 1. The minimum Gasteiger partial charge on any atom is -0.504 e. The summed E-state index contributed by atoms with van der Waals surface area (Å²) in [6.45, 7) is 2.28. The van der Waals surface area contributed by atoms with Gasteiger partial charge in [-0.1, -0.05) is 28.1 Å². The number of aromatic hydroxyl groups is 1. The molecule has 0 aliphatic heterocycles. The monoisotopic (exact) mass is 383 g/mol. The summed E-state index contributed by atoms with van der Waals surface area (Å²) in [5.41, 5.74) is 2.77. The molecular formula is C18H14BrN3O2. The van der Waals surface area contributed by atoms with Crippen LogP contribution in [0.2, 0.25) is 0 Å². The molecular weight excluding hydrogens is 370 g/mol. The molecule has 0 atom stereocenters. The molecule has 5 nitrogen and oxygen atoms in total. The third kappa shape index (κ3) is 3.12. The van der Waals surface area contributed by atoms with Gasteiger partial charge in [-0.2, -0.15) is 5.26 Å². The van der Waals surface area contributed by atoms with Crippen LogP contribution in [0.25, 0.3) is 22.7 Å². The summed E-state index contributed by atoms with van der Waals surface area (Å²) in [4.78, 5) is 7.58. The number of halogens is 1. The zero-order valence-corrected chi connectivity index (χ0v) is 14.5. The highest BCUT2D eigenvalue weighted by Crippen LogP contribution is 2.34. The third-order valence-corrected chi connectivity index (χ3v) is 4.13. The number of phenols is 1. The first-order valence-corrected chi connectivity index (χ1v) is 8.14. The van der Waals surface area contributed by atoms with Crippen LogP contribution in [0.15, 0.2) is 40.9 Å².